The number of H-pyrrole nitrogens is 1. The maximum Gasteiger partial charge on any atom is 0.260 e. The van der Waals surface area contributed by atoms with Crippen LogP contribution in [0, 0.1) is 0 Å². The van der Waals surface area contributed by atoms with E-state index in [0.29, 0.717) is 13.2 Å². The molecule has 0 atom stereocenters. The van der Waals surface area contributed by atoms with Crippen molar-refractivity contribution in [1.29, 1.82) is 0 Å². The number of nitrogens with zero attached hydrogens (tertiary/aromatic N) is 2. The molecule has 0 spiro atoms. The van der Waals surface area contributed by atoms with Crippen LogP contribution in [0.2, 0.25) is 0 Å². The molecule has 0 radical (unpaired) electrons. The van der Waals surface area contributed by atoms with Gasteiger partial charge in [0.05, 0.1) is 19.4 Å². The number of ether oxygens (including phenoxy) is 1. The summed E-state index contributed by atoms with van der Waals surface area (Å²) in [6.07, 6.45) is 3.06. The SMILES string of the molecule is COCCN(C1CC1)S(=O)(=O)c1[nH]ncc1CO. The fourth-order valence-electron chi connectivity index (χ4n) is 1.80. The van der Waals surface area contributed by atoms with Gasteiger partial charge in [-0.15, -0.1) is 0 Å². The van der Waals surface area contributed by atoms with Gasteiger partial charge < -0.3 is 9.84 Å². The van der Waals surface area contributed by atoms with Crippen molar-refractivity contribution in [3.05, 3.63) is 11.8 Å². The smallest absolute Gasteiger partial charge is 0.260 e. The molecule has 2 N–H and O–H groups in total. The van der Waals surface area contributed by atoms with E-state index in [9.17, 15) is 8.42 Å². The summed E-state index contributed by atoms with van der Waals surface area (Å²) >= 11 is 0. The first-order chi connectivity index (χ1) is 8.61. The Hall–Kier alpha value is -0.960. The van der Waals surface area contributed by atoms with Gasteiger partial charge in [-0.3, -0.25) is 5.10 Å². The Morgan fingerprint density at radius 1 is 1.61 bits per heavy atom. The van der Waals surface area contributed by atoms with Gasteiger partial charge in [0.2, 0.25) is 0 Å². The Morgan fingerprint density at radius 2 is 2.33 bits per heavy atom. The number of aliphatic hydroxyl groups excluding tert-OH is 1. The molecule has 18 heavy (non-hydrogen) atoms. The number of aromatic nitrogens is 2. The summed E-state index contributed by atoms with van der Waals surface area (Å²) in [5.41, 5.74) is 0.290. The summed E-state index contributed by atoms with van der Waals surface area (Å²) in [5, 5.41) is 15.2. The van der Waals surface area contributed by atoms with Crippen LogP contribution in [0.5, 0.6) is 0 Å². The van der Waals surface area contributed by atoms with E-state index in [2.05, 4.69) is 10.2 Å². The highest BCUT2D eigenvalue weighted by molar-refractivity contribution is 7.89. The molecule has 0 saturated heterocycles. The fourth-order valence-corrected chi connectivity index (χ4v) is 3.56. The van der Waals surface area contributed by atoms with Crippen LogP contribution in [0.4, 0.5) is 0 Å². The molecule has 1 aliphatic rings. The molecule has 7 nitrogen and oxygen atoms in total. The third kappa shape index (κ3) is 2.56. The van der Waals surface area contributed by atoms with Gasteiger partial charge in [0, 0.05) is 25.3 Å². The second-order valence-electron chi connectivity index (χ2n) is 4.22. The summed E-state index contributed by atoms with van der Waals surface area (Å²) in [4.78, 5) is 0. The van der Waals surface area contributed by atoms with Crippen molar-refractivity contribution in [3.63, 3.8) is 0 Å². The van der Waals surface area contributed by atoms with Gasteiger partial charge in [-0.25, -0.2) is 8.42 Å². The van der Waals surface area contributed by atoms with Crippen molar-refractivity contribution in [1.82, 2.24) is 14.5 Å². The lowest BCUT2D eigenvalue weighted by Crippen LogP contribution is -2.36. The Kier molecular flexibility index (Phi) is 4.00. The first-order valence-corrected chi connectivity index (χ1v) is 7.19. The van der Waals surface area contributed by atoms with Gasteiger partial charge in [-0.2, -0.15) is 9.40 Å². The highest BCUT2D eigenvalue weighted by Gasteiger charge is 2.39. The topological polar surface area (TPSA) is 95.5 Å². The van der Waals surface area contributed by atoms with Crippen molar-refractivity contribution in [3.8, 4) is 0 Å². The van der Waals surface area contributed by atoms with Crippen molar-refractivity contribution >= 4 is 10.0 Å². The molecule has 0 aromatic carbocycles. The molecule has 102 valence electrons. The lowest BCUT2D eigenvalue weighted by atomic mass is 10.4. The zero-order valence-corrected chi connectivity index (χ0v) is 11.0. The standard InChI is InChI=1S/C10H17N3O4S/c1-17-5-4-13(9-2-3-9)18(15,16)10-8(7-14)6-11-12-10/h6,9,14H,2-5,7H2,1H3,(H,11,12). The summed E-state index contributed by atoms with van der Waals surface area (Å²) < 4.78 is 31.3. The highest BCUT2D eigenvalue weighted by atomic mass is 32.2. The van der Waals surface area contributed by atoms with E-state index >= 15 is 0 Å². The normalized spacial score (nSPS) is 16.4. The Bertz CT molecular complexity index is 495. The quantitative estimate of drug-likeness (QED) is 0.712. The number of methoxy groups -OCH3 is 1. The summed E-state index contributed by atoms with van der Waals surface area (Å²) in [5.74, 6) is 0. The second kappa shape index (κ2) is 5.35. The summed E-state index contributed by atoms with van der Waals surface area (Å²) in [7, 11) is -2.10. The van der Waals surface area contributed by atoms with Crippen molar-refractivity contribution < 1.29 is 18.3 Å². The summed E-state index contributed by atoms with van der Waals surface area (Å²) in [6.45, 7) is 0.305. The predicted molar refractivity (Wildman–Crippen MR) is 63.3 cm³/mol. The first-order valence-electron chi connectivity index (χ1n) is 5.75. The lowest BCUT2D eigenvalue weighted by Gasteiger charge is -2.20. The molecule has 1 aromatic rings. The van der Waals surface area contributed by atoms with E-state index in [1.807, 2.05) is 0 Å². The zero-order valence-electron chi connectivity index (χ0n) is 10.2. The van der Waals surface area contributed by atoms with E-state index in [-0.39, 0.29) is 23.2 Å². The van der Waals surface area contributed by atoms with E-state index in [1.165, 1.54) is 17.6 Å². The molecule has 1 aromatic heterocycles. The minimum Gasteiger partial charge on any atom is -0.392 e. The Labute approximate surface area is 106 Å². The van der Waals surface area contributed by atoms with Crippen LogP contribution < -0.4 is 0 Å². The van der Waals surface area contributed by atoms with Gasteiger partial charge in [0.25, 0.3) is 10.0 Å². The molecule has 8 heteroatoms. The van der Waals surface area contributed by atoms with Gasteiger partial charge in [-0.05, 0) is 12.8 Å². The fraction of sp³-hybridized carbons (Fsp3) is 0.700. The molecule has 1 heterocycles. The minimum atomic E-state index is -3.63. The molecule has 0 unspecified atom stereocenters. The number of hydrogen-bond donors (Lipinski definition) is 2. The third-order valence-corrected chi connectivity index (χ3v) is 4.85. The van der Waals surface area contributed by atoms with Crippen LogP contribution in [-0.2, 0) is 21.4 Å². The zero-order chi connectivity index (χ0) is 13.2. The molecular formula is C10H17N3O4S. The van der Waals surface area contributed by atoms with Crippen molar-refractivity contribution in [2.45, 2.75) is 30.5 Å². The van der Waals surface area contributed by atoms with Gasteiger partial charge in [0.15, 0.2) is 5.03 Å². The number of sulfonamides is 1. The average Bonchev–Trinajstić information content (AvgIpc) is 3.05. The largest absolute Gasteiger partial charge is 0.392 e. The number of nitrogens with one attached hydrogen (secondary N) is 1. The van der Waals surface area contributed by atoms with Crippen LogP contribution in [0.15, 0.2) is 11.2 Å². The number of rotatable bonds is 7. The molecule has 0 amide bonds. The van der Waals surface area contributed by atoms with Gasteiger partial charge >= 0.3 is 0 Å². The van der Waals surface area contributed by atoms with E-state index in [0.717, 1.165) is 12.8 Å². The highest BCUT2D eigenvalue weighted by Crippen LogP contribution is 2.32. The minimum absolute atomic E-state index is 0.0204. The molecule has 0 aliphatic heterocycles. The van der Waals surface area contributed by atoms with Crippen LogP contribution in [0.3, 0.4) is 0 Å². The van der Waals surface area contributed by atoms with Crippen LogP contribution in [0.25, 0.3) is 0 Å². The number of aliphatic hydroxyl groups is 1. The monoisotopic (exact) mass is 275 g/mol. The van der Waals surface area contributed by atoms with E-state index < -0.39 is 10.0 Å². The summed E-state index contributed by atoms with van der Waals surface area (Å²) in [6, 6.07) is 0.0417. The van der Waals surface area contributed by atoms with Crippen LogP contribution in [-0.4, -0.2) is 54.3 Å². The molecule has 1 aliphatic carbocycles. The van der Waals surface area contributed by atoms with Gasteiger partial charge in [-0.1, -0.05) is 0 Å². The van der Waals surface area contributed by atoms with Crippen molar-refractivity contribution in [2.24, 2.45) is 0 Å². The van der Waals surface area contributed by atoms with Crippen LogP contribution >= 0.6 is 0 Å². The first kappa shape index (κ1) is 13.5. The Balaban J connectivity index is 2.27. The van der Waals surface area contributed by atoms with Crippen molar-refractivity contribution in [2.75, 3.05) is 20.3 Å². The maximum absolute atomic E-state index is 12.4. The van der Waals surface area contributed by atoms with E-state index in [1.54, 1.807) is 0 Å². The number of aromatic amines is 1. The Morgan fingerprint density at radius 3 is 2.89 bits per heavy atom. The lowest BCUT2D eigenvalue weighted by molar-refractivity contribution is 0.177. The molecule has 2 rings (SSSR count). The van der Waals surface area contributed by atoms with E-state index in [4.69, 9.17) is 9.84 Å². The number of hydrogen-bond acceptors (Lipinski definition) is 5. The molecule has 1 fully saturated rings. The molecule has 1 saturated carbocycles. The third-order valence-electron chi connectivity index (χ3n) is 2.89. The molecular weight excluding hydrogens is 258 g/mol. The predicted octanol–water partition coefficient (Wildman–Crippen LogP) is -0.298. The average molecular weight is 275 g/mol. The van der Waals surface area contributed by atoms with Crippen LogP contribution in [0.1, 0.15) is 18.4 Å². The van der Waals surface area contributed by atoms with Gasteiger partial charge in [0.1, 0.15) is 0 Å². The second-order valence-corrected chi connectivity index (χ2v) is 6.05. The maximum atomic E-state index is 12.4. The molecule has 0 bridgehead atoms.